The number of nitrogens with one attached hydrogen (secondary N) is 1. The average Bonchev–Trinajstić information content (AvgIpc) is 3.23. The fourth-order valence-corrected chi connectivity index (χ4v) is 3.52. The molecule has 160 valence electrons. The maximum atomic E-state index is 12.2. The first-order valence-electron chi connectivity index (χ1n) is 10.0. The SMILES string of the molecule is Cc1cccc(-c2nn(-c3ccccc3)cc2/C=N\NC(=O)COc2ccccc2Br)c1. The number of hydrazone groups is 1. The van der Waals surface area contributed by atoms with E-state index in [9.17, 15) is 4.79 Å². The summed E-state index contributed by atoms with van der Waals surface area (Å²) in [5.74, 6) is 0.238. The van der Waals surface area contributed by atoms with Gasteiger partial charge in [-0.15, -0.1) is 0 Å². The van der Waals surface area contributed by atoms with Crippen LogP contribution < -0.4 is 10.2 Å². The fraction of sp³-hybridized carbons (Fsp3) is 0.0800. The van der Waals surface area contributed by atoms with Crippen LogP contribution in [0.2, 0.25) is 0 Å². The first-order chi connectivity index (χ1) is 15.6. The molecule has 1 N–H and O–H groups in total. The van der Waals surface area contributed by atoms with E-state index in [2.05, 4.69) is 32.5 Å². The molecule has 0 spiro atoms. The van der Waals surface area contributed by atoms with Crippen LogP contribution in [0.3, 0.4) is 0 Å². The first-order valence-corrected chi connectivity index (χ1v) is 10.8. The molecule has 4 aromatic rings. The third-order valence-electron chi connectivity index (χ3n) is 4.64. The minimum atomic E-state index is -0.357. The van der Waals surface area contributed by atoms with Gasteiger partial charge in [-0.1, -0.05) is 54.1 Å². The van der Waals surface area contributed by atoms with E-state index in [1.807, 2.05) is 79.9 Å². The zero-order chi connectivity index (χ0) is 22.3. The highest BCUT2D eigenvalue weighted by Gasteiger charge is 2.12. The second-order valence-corrected chi connectivity index (χ2v) is 7.95. The molecule has 7 heteroatoms. The normalized spacial score (nSPS) is 10.9. The van der Waals surface area contributed by atoms with Crippen LogP contribution >= 0.6 is 15.9 Å². The molecule has 3 aromatic carbocycles. The van der Waals surface area contributed by atoms with Gasteiger partial charge in [0.05, 0.1) is 16.4 Å². The molecule has 0 atom stereocenters. The molecular formula is C25H21BrN4O2. The number of carbonyl (C=O) groups is 1. The van der Waals surface area contributed by atoms with Crippen molar-refractivity contribution < 1.29 is 9.53 Å². The second kappa shape index (κ2) is 10.1. The largest absolute Gasteiger partial charge is 0.483 e. The van der Waals surface area contributed by atoms with Crippen molar-refractivity contribution in [3.63, 3.8) is 0 Å². The van der Waals surface area contributed by atoms with Gasteiger partial charge in [0.15, 0.2) is 6.61 Å². The van der Waals surface area contributed by atoms with Crippen LogP contribution in [0.5, 0.6) is 5.75 Å². The molecule has 1 amide bonds. The summed E-state index contributed by atoms with van der Waals surface area (Å²) < 4.78 is 8.11. The summed E-state index contributed by atoms with van der Waals surface area (Å²) in [6.45, 7) is 1.89. The van der Waals surface area contributed by atoms with Gasteiger partial charge in [0.1, 0.15) is 11.4 Å². The van der Waals surface area contributed by atoms with Crippen molar-refractivity contribution in [2.45, 2.75) is 6.92 Å². The minimum absolute atomic E-state index is 0.145. The van der Waals surface area contributed by atoms with Crippen molar-refractivity contribution in [3.05, 3.63) is 101 Å². The molecule has 0 bridgehead atoms. The van der Waals surface area contributed by atoms with E-state index >= 15 is 0 Å². The Kier molecular flexibility index (Phi) is 6.77. The molecule has 32 heavy (non-hydrogen) atoms. The number of carbonyl (C=O) groups excluding carboxylic acids is 1. The Balaban J connectivity index is 1.51. The highest BCUT2D eigenvalue weighted by atomic mass is 79.9. The molecule has 1 aromatic heterocycles. The number of hydrogen-bond donors (Lipinski definition) is 1. The lowest BCUT2D eigenvalue weighted by molar-refractivity contribution is -0.123. The summed E-state index contributed by atoms with van der Waals surface area (Å²) in [6.07, 6.45) is 3.49. The zero-order valence-corrected chi connectivity index (χ0v) is 19.0. The van der Waals surface area contributed by atoms with Crippen molar-refractivity contribution in [2.24, 2.45) is 5.10 Å². The third-order valence-corrected chi connectivity index (χ3v) is 5.30. The Bertz CT molecular complexity index is 1250. The highest BCUT2D eigenvalue weighted by Crippen LogP contribution is 2.24. The first kappa shape index (κ1) is 21.5. The zero-order valence-electron chi connectivity index (χ0n) is 17.4. The summed E-state index contributed by atoms with van der Waals surface area (Å²) in [5, 5.41) is 8.88. The Morgan fingerprint density at radius 2 is 1.88 bits per heavy atom. The maximum Gasteiger partial charge on any atom is 0.277 e. The summed E-state index contributed by atoms with van der Waals surface area (Å²) in [7, 11) is 0. The summed E-state index contributed by atoms with van der Waals surface area (Å²) in [5.41, 5.74) is 7.12. The lowest BCUT2D eigenvalue weighted by atomic mass is 10.1. The minimum Gasteiger partial charge on any atom is -0.483 e. The van der Waals surface area contributed by atoms with Gasteiger partial charge in [-0.25, -0.2) is 10.1 Å². The smallest absolute Gasteiger partial charge is 0.277 e. The summed E-state index contributed by atoms with van der Waals surface area (Å²) in [6, 6.07) is 25.3. The van der Waals surface area contributed by atoms with Gasteiger partial charge in [-0.2, -0.15) is 10.2 Å². The van der Waals surface area contributed by atoms with E-state index in [1.165, 1.54) is 0 Å². The highest BCUT2D eigenvalue weighted by molar-refractivity contribution is 9.10. The Labute approximate surface area is 194 Å². The molecule has 6 nitrogen and oxygen atoms in total. The van der Waals surface area contributed by atoms with Crippen LogP contribution in [0.25, 0.3) is 16.9 Å². The standard InChI is InChI=1S/C25H21BrN4O2/c1-18-8-7-9-19(14-18)25-20(16-30(29-25)21-10-3-2-4-11-21)15-27-28-24(31)17-32-23-13-6-5-12-22(23)26/h2-16H,17H2,1H3,(H,28,31)/b27-15-. The second-order valence-electron chi connectivity index (χ2n) is 7.09. The van der Waals surface area contributed by atoms with Gasteiger partial charge in [0.2, 0.25) is 0 Å². The van der Waals surface area contributed by atoms with E-state index in [4.69, 9.17) is 9.84 Å². The average molecular weight is 489 g/mol. The Hall–Kier alpha value is -3.71. The van der Waals surface area contributed by atoms with Gasteiger partial charge >= 0.3 is 0 Å². The molecule has 0 unspecified atom stereocenters. The van der Waals surface area contributed by atoms with Crippen molar-refractivity contribution in [2.75, 3.05) is 6.61 Å². The van der Waals surface area contributed by atoms with E-state index in [-0.39, 0.29) is 12.5 Å². The van der Waals surface area contributed by atoms with Crippen LogP contribution in [0.4, 0.5) is 0 Å². The summed E-state index contributed by atoms with van der Waals surface area (Å²) >= 11 is 3.39. The van der Waals surface area contributed by atoms with Crippen molar-refractivity contribution >= 4 is 28.1 Å². The summed E-state index contributed by atoms with van der Waals surface area (Å²) in [4.78, 5) is 12.2. The number of nitrogens with zero attached hydrogens (tertiary/aromatic N) is 3. The van der Waals surface area contributed by atoms with Crippen molar-refractivity contribution in [1.82, 2.24) is 15.2 Å². The van der Waals surface area contributed by atoms with Crippen LogP contribution in [-0.4, -0.2) is 28.5 Å². The van der Waals surface area contributed by atoms with Gasteiger partial charge in [0.25, 0.3) is 5.91 Å². The monoisotopic (exact) mass is 488 g/mol. The van der Waals surface area contributed by atoms with Gasteiger partial charge in [-0.3, -0.25) is 4.79 Å². The molecule has 0 radical (unpaired) electrons. The number of amides is 1. The van der Waals surface area contributed by atoms with Crippen molar-refractivity contribution in [3.8, 4) is 22.7 Å². The molecule has 0 saturated heterocycles. The van der Waals surface area contributed by atoms with Gasteiger partial charge in [-0.05, 0) is 53.2 Å². The molecule has 0 aliphatic carbocycles. The van der Waals surface area contributed by atoms with Crippen LogP contribution in [-0.2, 0) is 4.79 Å². The molecule has 0 aliphatic heterocycles. The Morgan fingerprint density at radius 1 is 1.09 bits per heavy atom. The lowest BCUT2D eigenvalue weighted by Gasteiger charge is -2.06. The van der Waals surface area contributed by atoms with Crippen molar-refractivity contribution in [1.29, 1.82) is 0 Å². The predicted molar refractivity (Wildman–Crippen MR) is 129 cm³/mol. The van der Waals surface area contributed by atoms with Crippen LogP contribution in [0.15, 0.2) is 94.6 Å². The van der Waals surface area contributed by atoms with Gasteiger partial charge < -0.3 is 4.74 Å². The molecule has 0 saturated carbocycles. The third kappa shape index (κ3) is 5.31. The number of ether oxygens (including phenoxy) is 1. The number of benzene rings is 3. The number of aromatic nitrogens is 2. The molecule has 1 heterocycles. The van der Waals surface area contributed by atoms with E-state index in [0.29, 0.717) is 5.75 Å². The quantitative estimate of drug-likeness (QED) is 0.289. The van der Waals surface area contributed by atoms with Gasteiger partial charge in [0, 0.05) is 17.3 Å². The number of aryl methyl sites for hydroxylation is 1. The lowest BCUT2D eigenvalue weighted by Crippen LogP contribution is -2.24. The molecular weight excluding hydrogens is 468 g/mol. The van der Waals surface area contributed by atoms with Crippen LogP contribution in [0, 0.1) is 6.92 Å². The van der Waals surface area contributed by atoms with E-state index in [0.717, 1.165) is 32.5 Å². The molecule has 4 rings (SSSR count). The Morgan fingerprint density at radius 3 is 2.66 bits per heavy atom. The van der Waals surface area contributed by atoms with E-state index in [1.54, 1.807) is 17.0 Å². The van der Waals surface area contributed by atoms with Crippen LogP contribution in [0.1, 0.15) is 11.1 Å². The maximum absolute atomic E-state index is 12.2. The number of hydrogen-bond acceptors (Lipinski definition) is 4. The number of para-hydroxylation sites is 2. The topological polar surface area (TPSA) is 68.5 Å². The van der Waals surface area contributed by atoms with E-state index < -0.39 is 0 Å². The molecule has 0 aliphatic rings. The number of halogens is 1. The molecule has 0 fully saturated rings. The number of rotatable bonds is 7. The fourth-order valence-electron chi connectivity index (χ4n) is 3.12. The predicted octanol–water partition coefficient (Wildman–Crippen LogP) is 5.14.